The Kier molecular flexibility index (Phi) is 8.73. The molecule has 0 radical (unpaired) electrons. The number of hydrogen-bond donors (Lipinski definition) is 4. The molecule has 3 aromatic carbocycles. The van der Waals surface area contributed by atoms with Crippen molar-refractivity contribution in [2.75, 3.05) is 35.7 Å². The van der Waals surface area contributed by atoms with Crippen LogP contribution in [0.2, 0.25) is 0 Å². The normalized spacial score (nSPS) is 13.5. The zero-order valence-electron chi connectivity index (χ0n) is 21.9. The van der Waals surface area contributed by atoms with Crippen molar-refractivity contribution in [2.45, 2.75) is 26.2 Å². The zero-order valence-corrected chi connectivity index (χ0v) is 21.9. The number of nitrogens with zero attached hydrogens (tertiary/aromatic N) is 1. The van der Waals surface area contributed by atoms with E-state index < -0.39 is 11.8 Å². The van der Waals surface area contributed by atoms with Crippen LogP contribution in [0.4, 0.5) is 21.5 Å². The molecule has 8 nitrogen and oxygen atoms in total. The number of carboxylic acid groups (broad SMARTS) is 1. The van der Waals surface area contributed by atoms with Gasteiger partial charge in [-0.15, -0.1) is 0 Å². The second kappa shape index (κ2) is 12.4. The predicted molar refractivity (Wildman–Crippen MR) is 151 cm³/mol. The Balaban J connectivity index is 1.69. The third-order valence-corrected chi connectivity index (χ3v) is 6.48. The molecule has 0 saturated heterocycles. The standard InChI is InChI=1S/C30H31FN4O4/c1-19(36)35(17-3-16-32-2)24-12-10-23(11-13-24)33-29(21-7-4-20(5-8-21)6-15-27(37)38)28-25-14-9-22(31)18-26(25)34-30(28)39/h4-5,7-14,18,32-33H,3,6,15-17H2,1-2H3,(H,34,39)(H,37,38)/b29-28-. The number of halogens is 1. The van der Waals surface area contributed by atoms with E-state index in [4.69, 9.17) is 5.11 Å². The average Bonchev–Trinajstić information content (AvgIpc) is 3.23. The zero-order chi connectivity index (χ0) is 27.9. The molecule has 202 valence electrons. The van der Waals surface area contributed by atoms with E-state index in [1.54, 1.807) is 11.0 Å². The minimum Gasteiger partial charge on any atom is -0.481 e. The van der Waals surface area contributed by atoms with Crippen molar-refractivity contribution in [1.29, 1.82) is 0 Å². The van der Waals surface area contributed by atoms with Gasteiger partial charge in [0.25, 0.3) is 5.91 Å². The Morgan fingerprint density at radius 2 is 1.74 bits per heavy atom. The van der Waals surface area contributed by atoms with E-state index in [-0.39, 0.29) is 18.2 Å². The van der Waals surface area contributed by atoms with Crippen LogP contribution in [0.5, 0.6) is 0 Å². The van der Waals surface area contributed by atoms with Gasteiger partial charge >= 0.3 is 5.97 Å². The van der Waals surface area contributed by atoms with Crippen LogP contribution in [0.3, 0.4) is 0 Å². The van der Waals surface area contributed by atoms with Gasteiger partial charge < -0.3 is 26.0 Å². The molecule has 1 heterocycles. The summed E-state index contributed by atoms with van der Waals surface area (Å²) in [5.41, 5.74) is 4.87. The number of hydrogen-bond acceptors (Lipinski definition) is 5. The summed E-state index contributed by atoms with van der Waals surface area (Å²) in [4.78, 5) is 38.0. The summed E-state index contributed by atoms with van der Waals surface area (Å²) in [6.45, 7) is 2.91. The summed E-state index contributed by atoms with van der Waals surface area (Å²) < 4.78 is 13.9. The third-order valence-electron chi connectivity index (χ3n) is 6.48. The highest BCUT2D eigenvalue weighted by molar-refractivity contribution is 6.37. The van der Waals surface area contributed by atoms with Crippen molar-refractivity contribution in [3.8, 4) is 0 Å². The van der Waals surface area contributed by atoms with E-state index in [0.717, 1.165) is 24.2 Å². The third kappa shape index (κ3) is 6.69. The minimum atomic E-state index is -0.871. The van der Waals surface area contributed by atoms with Crippen LogP contribution in [-0.2, 0) is 20.8 Å². The number of rotatable bonds is 11. The van der Waals surface area contributed by atoms with Gasteiger partial charge in [0, 0.05) is 36.8 Å². The second-order valence-electron chi connectivity index (χ2n) is 9.28. The molecule has 1 aliphatic heterocycles. The number of carbonyl (C=O) groups excluding carboxylic acids is 2. The molecule has 0 bridgehead atoms. The summed E-state index contributed by atoms with van der Waals surface area (Å²) in [6.07, 6.45) is 1.22. The number of aliphatic carboxylic acids is 1. The van der Waals surface area contributed by atoms with Crippen molar-refractivity contribution in [1.82, 2.24) is 5.32 Å². The molecule has 0 saturated carbocycles. The molecule has 9 heteroatoms. The lowest BCUT2D eigenvalue weighted by molar-refractivity contribution is -0.137. The van der Waals surface area contributed by atoms with Crippen LogP contribution in [0.15, 0.2) is 66.7 Å². The first-order valence-electron chi connectivity index (χ1n) is 12.7. The van der Waals surface area contributed by atoms with Gasteiger partial charge in [-0.05, 0) is 80.0 Å². The van der Waals surface area contributed by atoms with E-state index in [9.17, 15) is 18.8 Å². The smallest absolute Gasteiger partial charge is 0.303 e. The van der Waals surface area contributed by atoms with Crippen LogP contribution < -0.4 is 20.9 Å². The van der Waals surface area contributed by atoms with Gasteiger partial charge in [0.05, 0.1) is 17.0 Å². The number of nitrogens with one attached hydrogen (secondary N) is 3. The van der Waals surface area contributed by atoms with Crippen LogP contribution in [0, 0.1) is 5.82 Å². The summed E-state index contributed by atoms with van der Waals surface area (Å²) in [7, 11) is 1.87. The highest BCUT2D eigenvalue weighted by Gasteiger charge is 2.29. The minimum absolute atomic E-state index is 0.0193. The summed E-state index contributed by atoms with van der Waals surface area (Å²) in [5, 5.41) is 18.2. The largest absolute Gasteiger partial charge is 0.481 e. The quantitative estimate of drug-likeness (QED) is 0.211. The fourth-order valence-electron chi connectivity index (χ4n) is 4.51. The van der Waals surface area contributed by atoms with Crippen molar-refractivity contribution >= 4 is 46.1 Å². The Morgan fingerprint density at radius 1 is 1.03 bits per heavy atom. The molecule has 0 fully saturated rings. The number of aryl methyl sites for hydroxylation is 1. The highest BCUT2D eigenvalue weighted by atomic mass is 19.1. The summed E-state index contributed by atoms with van der Waals surface area (Å²) in [6, 6.07) is 18.8. The topological polar surface area (TPSA) is 111 Å². The van der Waals surface area contributed by atoms with Gasteiger partial charge in [-0.25, -0.2) is 4.39 Å². The van der Waals surface area contributed by atoms with Gasteiger partial charge in [-0.2, -0.15) is 0 Å². The summed E-state index contributed by atoms with van der Waals surface area (Å²) in [5.74, 6) is -1.74. The Hall–Kier alpha value is -4.50. The number of carboxylic acids is 1. The molecule has 3 aromatic rings. The number of benzene rings is 3. The number of carbonyl (C=O) groups is 3. The average molecular weight is 531 g/mol. The first-order chi connectivity index (χ1) is 18.8. The Bertz CT molecular complexity index is 1400. The second-order valence-corrected chi connectivity index (χ2v) is 9.28. The molecule has 39 heavy (non-hydrogen) atoms. The maximum atomic E-state index is 13.9. The molecule has 0 unspecified atom stereocenters. The molecular formula is C30H31FN4O4. The maximum absolute atomic E-state index is 13.9. The molecule has 4 N–H and O–H groups in total. The van der Waals surface area contributed by atoms with Crippen molar-refractivity contribution < 1.29 is 23.9 Å². The Labute approximate surface area is 226 Å². The lowest BCUT2D eigenvalue weighted by Gasteiger charge is -2.22. The van der Waals surface area contributed by atoms with Crippen LogP contribution >= 0.6 is 0 Å². The van der Waals surface area contributed by atoms with Gasteiger partial charge in [-0.1, -0.05) is 24.3 Å². The van der Waals surface area contributed by atoms with E-state index in [1.807, 2.05) is 55.6 Å². The molecule has 0 aromatic heterocycles. The lowest BCUT2D eigenvalue weighted by atomic mass is 9.98. The fraction of sp³-hybridized carbons (Fsp3) is 0.233. The first kappa shape index (κ1) is 27.5. The fourth-order valence-corrected chi connectivity index (χ4v) is 4.51. The van der Waals surface area contributed by atoms with Crippen LogP contribution in [-0.4, -0.2) is 43.0 Å². The van der Waals surface area contributed by atoms with Crippen molar-refractivity contribution in [3.05, 3.63) is 89.2 Å². The molecule has 0 aliphatic carbocycles. The molecule has 2 amide bonds. The van der Waals surface area contributed by atoms with Crippen molar-refractivity contribution in [2.24, 2.45) is 0 Å². The van der Waals surface area contributed by atoms with Gasteiger partial charge in [0.2, 0.25) is 5.91 Å². The van der Waals surface area contributed by atoms with Crippen molar-refractivity contribution in [3.63, 3.8) is 0 Å². The van der Waals surface area contributed by atoms with E-state index >= 15 is 0 Å². The predicted octanol–water partition coefficient (Wildman–Crippen LogP) is 4.74. The SMILES string of the molecule is CNCCCN(C(C)=O)c1ccc(N/C(=C2\C(=O)Nc3cc(F)ccc32)c2ccc(CCC(=O)O)cc2)cc1. The van der Waals surface area contributed by atoms with E-state index in [2.05, 4.69) is 16.0 Å². The Morgan fingerprint density at radius 3 is 2.38 bits per heavy atom. The van der Waals surface area contributed by atoms with Crippen LogP contribution in [0.25, 0.3) is 11.3 Å². The van der Waals surface area contributed by atoms with Gasteiger partial charge in [-0.3, -0.25) is 14.4 Å². The molecule has 0 spiro atoms. The molecule has 1 aliphatic rings. The summed E-state index contributed by atoms with van der Waals surface area (Å²) >= 11 is 0. The van der Waals surface area contributed by atoms with E-state index in [1.165, 1.54) is 19.1 Å². The highest BCUT2D eigenvalue weighted by Crippen LogP contribution is 2.38. The maximum Gasteiger partial charge on any atom is 0.303 e. The molecule has 0 atom stereocenters. The van der Waals surface area contributed by atoms with Gasteiger partial charge in [0.15, 0.2) is 0 Å². The lowest BCUT2D eigenvalue weighted by Crippen LogP contribution is -2.31. The number of amides is 2. The van der Waals surface area contributed by atoms with Gasteiger partial charge in [0.1, 0.15) is 5.82 Å². The number of fused-ring (bicyclic) bond motifs is 1. The first-order valence-corrected chi connectivity index (χ1v) is 12.7. The van der Waals surface area contributed by atoms with E-state index in [0.29, 0.717) is 46.7 Å². The molecule has 4 rings (SSSR count). The number of anilines is 3. The monoisotopic (exact) mass is 530 g/mol. The van der Waals surface area contributed by atoms with Crippen LogP contribution in [0.1, 0.15) is 36.5 Å². The molecular weight excluding hydrogens is 499 g/mol.